The van der Waals surface area contributed by atoms with Gasteiger partial charge in [-0.05, 0) is 44.1 Å². The van der Waals surface area contributed by atoms with Gasteiger partial charge in [-0.25, -0.2) is 4.79 Å². The van der Waals surface area contributed by atoms with E-state index >= 15 is 0 Å². The second-order valence-corrected chi connectivity index (χ2v) is 6.66. The Morgan fingerprint density at radius 1 is 1.00 bits per heavy atom. The summed E-state index contributed by atoms with van der Waals surface area (Å²) in [6, 6.07) is 9.63. The third-order valence-electron chi connectivity index (χ3n) is 5.37. The molecule has 0 heterocycles. The van der Waals surface area contributed by atoms with Crippen LogP contribution in [0.15, 0.2) is 30.3 Å². The quantitative estimate of drug-likeness (QED) is 0.800. The molecular weight excluding hydrogens is 280 g/mol. The Hall–Kier alpha value is -2.04. The van der Waals surface area contributed by atoms with Crippen molar-refractivity contribution in [3.05, 3.63) is 35.9 Å². The van der Waals surface area contributed by atoms with Crippen LogP contribution in [0.5, 0.6) is 0 Å². The number of urea groups is 1. The summed E-state index contributed by atoms with van der Waals surface area (Å²) in [6.45, 7) is 0.502. The van der Waals surface area contributed by atoms with Crippen molar-refractivity contribution in [2.45, 2.75) is 50.6 Å². The van der Waals surface area contributed by atoms with Crippen molar-refractivity contribution >= 4 is 12.0 Å². The predicted octanol–water partition coefficient (Wildman–Crippen LogP) is 2.66. The number of carboxylic acids is 1. The predicted molar refractivity (Wildman–Crippen MR) is 82.3 cm³/mol. The monoisotopic (exact) mass is 302 g/mol. The largest absolute Gasteiger partial charge is 0.481 e. The molecule has 22 heavy (non-hydrogen) atoms. The number of fused-ring (bicyclic) bond motifs is 3. The molecule has 5 nitrogen and oxygen atoms in total. The number of carboxylic acid groups (broad SMARTS) is 1. The van der Waals surface area contributed by atoms with E-state index in [1.807, 2.05) is 30.3 Å². The summed E-state index contributed by atoms with van der Waals surface area (Å²) in [5.74, 6) is -0.672. The highest BCUT2D eigenvalue weighted by atomic mass is 16.4. The minimum Gasteiger partial charge on any atom is -0.481 e. The number of hydrogen-bond donors (Lipinski definition) is 3. The van der Waals surface area contributed by atoms with Crippen LogP contribution in [-0.2, 0) is 11.3 Å². The van der Waals surface area contributed by atoms with Crippen LogP contribution in [-0.4, -0.2) is 22.6 Å². The first kappa shape index (κ1) is 14.9. The summed E-state index contributed by atoms with van der Waals surface area (Å²) in [5.41, 5.74) is 0.314. The van der Waals surface area contributed by atoms with Crippen LogP contribution in [0, 0.1) is 5.41 Å². The number of carbonyl (C=O) groups excluding carboxylic acids is 1. The molecule has 1 aromatic carbocycles. The van der Waals surface area contributed by atoms with Gasteiger partial charge in [0.15, 0.2) is 0 Å². The molecule has 0 atom stereocenters. The van der Waals surface area contributed by atoms with Crippen LogP contribution in [0.1, 0.15) is 44.1 Å². The number of carbonyl (C=O) groups is 2. The Balaban J connectivity index is 1.54. The van der Waals surface area contributed by atoms with Crippen LogP contribution in [0.25, 0.3) is 0 Å². The highest BCUT2D eigenvalue weighted by molar-refractivity contribution is 5.77. The van der Waals surface area contributed by atoms with Crippen LogP contribution >= 0.6 is 0 Å². The lowest BCUT2D eigenvalue weighted by molar-refractivity contribution is -0.156. The van der Waals surface area contributed by atoms with E-state index < -0.39 is 11.4 Å². The second-order valence-electron chi connectivity index (χ2n) is 6.66. The fourth-order valence-electron chi connectivity index (χ4n) is 3.76. The molecule has 0 saturated heterocycles. The fraction of sp³-hybridized carbons (Fsp3) is 0.529. The summed E-state index contributed by atoms with van der Waals surface area (Å²) in [7, 11) is 0. The van der Waals surface area contributed by atoms with Gasteiger partial charge in [-0.2, -0.15) is 0 Å². The molecule has 118 valence electrons. The highest BCUT2D eigenvalue weighted by Crippen LogP contribution is 2.52. The maximum atomic E-state index is 12.1. The lowest BCUT2D eigenvalue weighted by Crippen LogP contribution is -2.59. The van der Waals surface area contributed by atoms with E-state index in [-0.39, 0.29) is 11.6 Å². The van der Waals surface area contributed by atoms with E-state index in [1.165, 1.54) is 0 Å². The number of aliphatic carboxylic acids is 1. The Bertz CT molecular complexity index is 546. The molecule has 4 rings (SSSR count). The van der Waals surface area contributed by atoms with E-state index in [0.29, 0.717) is 25.8 Å². The van der Waals surface area contributed by atoms with Crippen LogP contribution in [0.2, 0.25) is 0 Å². The lowest BCUT2D eigenvalue weighted by atomic mass is 9.57. The standard InChI is InChI=1S/C17H22N2O3/c20-14(21)16-6-9-17(10-7-16,11-8-16)19-15(22)18-12-13-4-2-1-3-5-13/h1-5H,6-12H2,(H,20,21)(H2,18,19,22). The average molecular weight is 302 g/mol. The molecule has 0 unspecified atom stereocenters. The molecule has 3 aliphatic rings. The van der Waals surface area contributed by atoms with Gasteiger partial charge in [-0.1, -0.05) is 30.3 Å². The first-order chi connectivity index (χ1) is 10.5. The Morgan fingerprint density at radius 3 is 2.14 bits per heavy atom. The third-order valence-corrected chi connectivity index (χ3v) is 5.37. The molecule has 2 bridgehead atoms. The van der Waals surface area contributed by atoms with E-state index in [0.717, 1.165) is 24.8 Å². The SMILES string of the molecule is O=C(NCc1ccccc1)NC12CCC(C(=O)O)(CC1)CC2. The molecule has 0 radical (unpaired) electrons. The molecule has 3 saturated carbocycles. The fourth-order valence-corrected chi connectivity index (χ4v) is 3.76. The zero-order valence-electron chi connectivity index (χ0n) is 12.6. The molecule has 1 aromatic rings. The number of amides is 2. The minimum absolute atomic E-state index is 0.159. The summed E-state index contributed by atoms with van der Waals surface area (Å²) in [6.07, 6.45) is 4.29. The maximum Gasteiger partial charge on any atom is 0.315 e. The highest BCUT2D eigenvalue weighted by Gasteiger charge is 2.53. The van der Waals surface area contributed by atoms with Crippen molar-refractivity contribution < 1.29 is 14.7 Å². The van der Waals surface area contributed by atoms with E-state index in [4.69, 9.17) is 0 Å². The van der Waals surface area contributed by atoms with Gasteiger partial charge in [0.2, 0.25) is 0 Å². The smallest absolute Gasteiger partial charge is 0.315 e. The van der Waals surface area contributed by atoms with Crippen molar-refractivity contribution in [3.63, 3.8) is 0 Å². The van der Waals surface area contributed by atoms with Gasteiger partial charge in [-0.3, -0.25) is 4.79 Å². The van der Waals surface area contributed by atoms with Gasteiger partial charge in [-0.15, -0.1) is 0 Å². The van der Waals surface area contributed by atoms with Crippen LogP contribution in [0.4, 0.5) is 4.79 Å². The molecule has 3 aliphatic carbocycles. The lowest BCUT2D eigenvalue weighted by Gasteiger charge is -2.51. The molecular formula is C17H22N2O3. The van der Waals surface area contributed by atoms with E-state index in [9.17, 15) is 14.7 Å². The van der Waals surface area contributed by atoms with Gasteiger partial charge < -0.3 is 15.7 Å². The van der Waals surface area contributed by atoms with Crippen molar-refractivity contribution in [2.75, 3.05) is 0 Å². The zero-order chi connectivity index (χ0) is 15.6. The van der Waals surface area contributed by atoms with Crippen LogP contribution < -0.4 is 10.6 Å². The Kier molecular flexibility index (Phi) is 3.81. The maximum absolute atomic E-state index is 12.1. The zero-order valence-corrected chi connectivity index (χ0v) is 12.6. The van der Waals surface area contributed by atoms with Crippen molar-refractivity contribution in [3.8, 4) is 0 Å². The van der Waals surface area contributed by atoms with Gasteiger partial charge in [0.05, 0.1) is 5.41 Å². The Morgan fingerprint density at radius 2 is 1.59 bits per heavy atom. The summed E-state index contributed by atoms with van der Waals surface area (Å²) < 4.78 is 0. The third kappa shape index (κ3) is 2.80. The summed E-state index contributed by atoms with van der Waals surface area (Å²) in [4.78, 5) is 23.6. The molecule has 3 fully saturated rings. The molecule has 3 N–H and O–H groups in total. The van der Waals surface area contributed by atoms with Gasteiger partial charge >= 0.3 is 12.0 Å². The molecule has 0 aliphatic heterocycles. The first-order valence-electron chi connectivity index (χ1n) is 7.87. The van der Waals surface area contributed by atoms with Gasteiger partial charge in [0.25, 0.3) is 0 Å². The van der Waals surface area contributed by atoms with E-state index in [2.05, 4.69) is 10.6 Å². The van der Waals surface area contributed by atoms with Crippen LogP contribution in [0.3, 0.4) is 0 Å². The van der Waals surface area contributed by atoms with Crippen molar-refractivity contribution in [2.24, 2.45) is 5.41 Å². The second kappa shape index (κ2) is 5.63. The minimum atomic E-state index is -0.672. The van der Waals surface area contributed by atoms with Crippen molar-refractivity contribution in [1.29, 1.82) is 0 Å². The molecule has 2 amide bonds. The Labute approximate surface area is 130 Å². The molecule has 0 spiro atoms. The molecule has 0 aromatic heterocycles. The number of nitrogens with one attached hydrogen (secondary N) is 2. The van der Waals surface area contributed by atoms with Gasteiger partial charge in [0, 0.05) is 12.1 Å². The van der Waals surface area contributed by atoms with Gasteiger partial charge in [0.1, 0.15) is 0 Å². The number of benzene rings is 1. The summed E-state index contributed by atoms with van der Waals surface area (Å²) >= 11 is 0. The molecule has 5 heteroatoms. The van der Waals surface area contributed by atoms with E-state index in [1.54, 1.807) is 0 Å². The first-order valence-corrected chi connectivity index (χ1v) is 7.87. The topological polar surface area (TPSA) is 78.4 Å². The van der Waals surface area contributed by atoms with Crippen molar-refractivity contribution in [1.82, 2.24) is 10.6 Å². The summed E-state index contributed by atoms with van der Waals surface area (Å²) in [5, 5.41) is 15.4. The normalized spacial score (nSPS) is 29.8. The number of hydrogen-bond acceptors (Lipinski definition) is 2. The average Bonchev–Trinajstić information content (AvgIpc) is 2.55. The number of rotatable bonds is 4.